The lowest BCUT2D eigenvalue weighted by Crippen LogP contribution is -2.23. The molecule has 0 fully saturated rings. The third-order valence-corrected chi connectivity index (χ3v) is 3.90. The maximum atomic E-state index is 12.3. The van der Waals surface area contributed by atoms with Crippen LogP contribution in [0, 0.1) is 11.3 Å². The molecule has 1 heterocycles. The van der Waals surface area contributed by atoms with Crippen LogP contribution in [0.3, 0.4) is 0 Å². The minimum atomic E-state index is -0.399. The number of carbonyl (C=O) groups excluding carboxylic acids is 1. The van der Waals surface area contributed by atoms with Crippen LogP contribution in [0.1, 0.15) is 11.1 Å². The summed E-state index contributed by atoms with van der Waals surface area (Å²) in [5.41, 5.74) is 2.77. The lowest BCUT2D eigenvalue weighted by Gasteiger charge is -2.05. The van der Waals surface area contributed by atoms with Crippen LogP contribution >= 0.6 is 0 Å². The standard InChI is InChI=1S/C20H17N3O2/c1-25-17-8-6-14(7-9-17)12-23-20(24)15(11-21)10-16-13-22-19-5-3-2-4-18(16)19/h2-10,13,22H,12H2,1H3,(H,23,24)/b15-10-. The van der Waals surface area contributed by atoms with Gasteiger partial charge in [-0.25, -0.2) is 0 Å². The van der Waals surface area contributed by atoms with E-state index < -0.39 is 5.91 Å². The molecule has 25 heavy (non-hydrogen) atoms. The van der Waals surface area contributed by atoms with Gasteiger partial charge in [0.2, 0.25) is 0 Å². The van der Waals surface area contributed by atoms with Gasteiger partial charge in [0.1, 0.15) is 17.4 Å². The summed E-state index contributed by atoms with van der Waals surface area (Å²) in [6.45, 7) is 0.343. The highest BCUT2D eigenvalue weighted by atomic mass is 16.5. The highest BCUT2D eigenvalue weighted by Gasteiger charge is 2.10. The van der Waals surface area contributed by atoms with E-state index in [4.69, 9.17) is 4.74 Å². The summed E-state index contributed by atoms with van der Waals surface area (Å²) in [7, 11) is 1.60. The van der Waals surface area contributed by atoms with Crippen molar-refractivity contribution in [2.45, 2.75) is 6.54 Å². The maximum absolute atomic E-state index is 12.3. The highest BCUT2D eigenvalue weighted by molar-refractivity contribution is 6.03. The zero-order valence-corrected chi connectivity index (χ0v) is 13.7. The molecule has 0 aliphatic heterocycles. The molecular weight excluding hydrogens is 314 g/mol. The number of methoxy groups -OCH3 is 1. The van der Waals surface area contributed by atoms with Crippen molar-refractivity contribution >= 4 is 22.9 Å². The summed E-state index contributed by atoms with van der Waals surface area (Å²) in [4.78, 5) is 15.4. The number of hydrogen-bond acceptors (Lipinski definition) is 3. The number of hydrogen-bond donors (Lipinski definition) is 2. The van der Waals surface area contributed by atoms with Gasteiger partial charge < -0.3 is 15.0 Å². The Morgan fingerprint density at radius 3 is 2.72 bits per heavy atom. The van der Waals surface area contributed by atoms with Crippen molar-refractivity contribution in [2.24, 2.45) is 0 Å². The van der Waals surface area contributed by atoms with E-state index in [1.807, 2.05) is 54.6 Å². The fraction of sp³-hybridized carbons (Fsp3) is 0.100. The number of nitrogens with one attached hydrogen (secondary N) is 2. The summed E-state index contributed by atoms with van der Waals surface area (Å²) in [6.07, 6.45) is 3.39. The van der Waals surface area contributed by atoms with Gasteiger partial charge in [-0.15, -0.1) is 0 Å². The largest absolute Gasteiger partial charge is 0.497 e. The van der Waals surface area contributed by atoms with Gasteiger partial charge in [-0.3, -0.25) is 4.79 Å². The number of H-pyrrole nitrogens is 1. The summed E-state index contributed by atoms with van der Waals surface area (Å²) >= 11 is 0. The van der Waals surface area contributed by atoms with Gasteiger partial charge in [0.25, 0.3) is 5.91 Å². The lowest BCUT2D eigenvalue weighted by atomic mass is 10.1. The Hall–Kier alpha value is -3.52. The minimum Gasteiger partial charge on any atom is -0.497 e. The molecule has 0 aliphatic rings. The molecule has 0 unspecified atom stereocenters. The number of nitrogens with zero attached hydrogens (tertiary/aromatic N) is 1. The Morgan fingerprint density at radius 1 is 1.24 bits per heavy atom. The Morgan fingerprint density at radius 2 is 2.00 bits per heavy atom. The van der Waals surface area contributed by atoms with Crippen LogP contribution in [0.5, 0.6) is 5.75 Å². The van der Waals surface area contributed by atoms with E-state index in [1.54, 1.807) is 19.4 Å². The van der Waals surface area contributed by atoms with Crippen molar-refractivity contribution in [1.29, 1.82) is 5.26 Å². The summed E-state index contributed by atoms with van der Waals surface area (Å²) in [5, 5.41) is 13.1. The number of benzene rings is 2. The molecule has 0 bridgehead atoms. The molecular formula is C20H17N3O2. The van der Waals surface area contributed by atoms with Crippen molar-refractivity contribution in [1.82, 2.24) is 10.3 Å². The van der Waals surface area contributed by atoms with Crippen LogP contribution < -0.4 is 10.1 Å². The van der Waals surface area contributed by atoms with E-state index in [2.05, 4.69) is 10.3 Å². The molecule has 5 heteroatoms. The molecule has 0 atom stereocenters. The van der Waals surface area contributed by atoms with Crippen LogP contribution in [-0.4, -0.2) is 18.0 Å². The topological polar surface area (TPSA) is 77.9 Å². The number of aromatic nitrogens is 1. The van der Waals surface area contributed by atoms with Gasteiger partial charge in [-0.2, -0.15) is 5.26 Å². The van der Waals surface area contributed by atoms with Crippen molar-refractivity contribution in [3.63, 3.8) is 0 Å². The van der Waals surface area contributed by atoms with E-state index >= 15 is 0 Å². The number of rotatable bonds is 5. The first-order valence-corrected chi connectivity index (χ1v) is 7.80. The van der Waals surface area contributed by atoms with E-state index in [0.717, 1.165) is 27.8 Å². The van der Waals surface area contributed by atoms with Crippen molar-refractivity contribution in [3.8, 4) is 11.8 Å². The number of fused-ring (bicyclic) bond motifs is 1. The van der Waals surface area contributed by atoms with Crippen molar-refractivity contribution in [3.05, 3.63) is 71.4 Å². The van der Waals surface area contributed by atoms with Gasteiger partial charge in [0, 0.05) is 29.2 Å². The Kier molecular flexibility index (Phi) is 4.82. The fourth-order valence-corrected chi connectivity index (χ4v) is 2.54. The van der Waals surface area contributed by atoms with E-state index in [0.29, 0.717) is 6.54 Å². The SMILES string of the molecule is COc1ccc(CNC(=O)/C(C#N)=C\c2c[nH]c3ccccc23)cc1. The molecule has 5 nitrogen and oxygen atoms in total. The first-order chi connectivity index (χ1) is 12.2. The Labute approximate surface area is 145 Å². The maximum Gasteiger partial charge on any atom is 0.262 e. The van der Waals surface area contributed by atoms with E-state index in [1.165, 1.54) is 0 Å². The van der Waals surface area contributed by atoms with Gasteiger partial charge in [-0.1, -0.05) is 30.3 Å². The van der Waals surface area contributed by atoms with Gasteiger partial charge >= 0.3 is 0 Å². The molecule has 0 spiro atoms. The third-order valence-electron chi connectivity index (χ3n) is 3.90. The molecule has 0 radical (unpaired) electrons. The lowest BCUT2D eigenvalue weighted by molar-refractivity contribution is -0.117. The number of amides is 1. The third kappa shape index (κ3) is 3.70. The second-order valence-corrected chi connectivity index (χ2v) is 5.49. The molecule has 0 aliphatic carbocycles. The average molecular weight is 331 g/mol. The molecule has 0 saturated heterocycles. The zero-order valence-electron chi connectivity index (χ0n) is 13.7. The van der Waals surface area contributed by atoms with Crippen LogP contribution in [0.4, 0.5) is 0 Å². The molecule has 124 valence electrons. The molecule has 2 aromatic carbocycles. The summed E-state index contributed by atoms with van der Waals surface area (Å²) in [6, 6.07) is 17.1. The normalized spacial score (nSPS) is 11.1. The smallest absolute Gasteiger partial charge is 0.262 e. The Balaban J connectivity index is 1.73. The van der Waals surface area contributed by atoms with Crippen molar-refractivity contribution in [2.75, 3.05) is 7.11 Å². The summed E-state index contributed by atoms with van der Waals surface area (Å²) in [5.74, 6) is 0.357. The van der Waals surface area contributed by atoms with Gasteiger partial charge in [-0.05, 0) is 29.8 Å². The molecule has 3 aromatic rings. The second kappa shape index (κ2) is 7.37. The molecule has 3 rings (SSSR count). The number of nitriles is 1. The first-order valence-electron chi connectivity index (χ1n) is 7.80. The minimum absolute atomic E-state index is 0.0678. The van der Waals surface area contributed by atoms with Crippen LogP contribution in [-0.2, 0) is 11.3 Å². The van der Waals surface area contributed by atoms with E-state index in [9.17, 15) is 10.1 Å². The number of ether oxygens (including phenoxy) is 1. The van der Waals surface area contributed by atoms with Gasteiger partial charge in [0.15, 0.2) is 0 Å². The zero-order chi connectivity index (χ0) is 17.6. The molecule has 1 amide bonds. The second-order valence-electron chi connectivity index (χ2n) is 5.49. The van der Waals surface area contributed by atoms with E-state index in [-0.39, 0.29) is 5.57 Å². The predicted octanol–water partition coefficient (Wildman–Crippen LogP) is 3.40. The van der Waals surface area contributed by atoms with Crippen molar-refractivity contribution < 1.29 is 9.53 Å². The van der Waals surface area contributed by atoms with Crippen LogP contribution in [0.25, 0.3) is 17.0 Å². The predicted molar refractivity (Wildman–Crippen MR) is 96.7 cm³/mol. The number of aromatic amines is 1. The fourth-order valence-electron chi connectivity index (χ4n) is 2.54. The molecule has 2 N–H and O–H groups in total. The molecule has 0 saturated carbocycles. The van der Waals surface area contributed by atoms with Crippen LogP contribution in [0.2, 0.25) is 0 Å². The number of para-hydroxylation sites is 1. The van der Waals surface area contributed by atoms with Gasteiger partial charge in [0.05, 0.1) is 7.11 Å². The number of carbonyl (C=O) groups is 1. The average Bonchev–Trinajstić information content (AvgIpc) is 3.07. The molecule has 1 aromatic heterocycles. The Bertz CT molecular complexity index is 963. The highest BCUT2D eigenvalue weighted by Crippen LogP contribution is 2.20. The van der Waals surface area contributed by atoms with Crippen LogP contribution in [0.15, 0.2) is 60.3 Å². The monoisotopic (exact) mass is 331 g/mol. The quantitative estimate of drug-likeness (QED) is 0.555. The summed E-state index contributed by atoms with van der Waals surface area (Å²) < 4.78 is 5.10. The first kappa shape index (κ1) is 16.3.